The van der Waals surface area contributed by atoms with Crippen LogP contribution in [0.1, 0.15) is 30.6 Å². The Bertz CT molecular complexity index is 683. The van der Waals surface area contributed by atoms with Gasteiger partial charge in [-0.15, -0.1) is 0 Å². The van der Waals surface area contributed by atoms with Crippen LogP contribution < -0.4 is 10.0 Å². The van der Waals surface area contributed by atoms with E-state index < -0.39 is 10.0 Å². The summed E-state index contributed by atoms with van der Waals surface area (Å²) in [6.45, 7) is 8.19. The van der Waals surface area contributed by atoms with E-state index in [1.54, 1.807) is 24.3 Å². The van der Waals surface area contributed by atoms with Crippen molar-refractivity contribution >= 4 is 21.6 Å². The van der Waals surface area contributed by atoms with Crippen molar-refractivity contribution in [3.05, 3.63) is 29.8 Å². The molecule has 0 spiro atoms. The van der Waals surface area contributed by atoms with Crippen LogP contribution in [0.15, 0.2) is 24.3 Å². The van der Waals surface area contributed by atoms with E-state index in [9.17, 15) is 13.2 Å². The lowest BCUT2D eigenvalue weighted by Gasteiger charge is -2.35. The molecule has 146 valence electrons. The maximum atomic E-state index is 12.4. The lowest BCUT2D eigenvalue weighted by atomic mass is 10.0. The van der Waals surface area contributed by atoms with Crippen LogP contribution in [0.2, 0.25) is 0 Å². The highest BCUT2D eigenvalue weighted by atomic mass is 32.2. The van der Waals surface area contributed by atoms with E-state index in [2.05, 4.69) is 28.8 Å². The third kappa shape index (κ3) is 6.93. The summed E-state index contributed by atoms with van der Waals surface area (Å²) in [5, 5.41) is 3.01. The highest BCUT2D eigenvalue weighted by Crippen LogP contribution is 2.14. The maximum absolute atomic E-state index is 12.4. The molecule has 0 unspecified atom stereocenters. The molecule has 8 heteroatoms. The molecule has 1 aliphatic heterocycles. The minimum atomic E-state index is -3.32. The van der Waals surface area contributed by atoms with Crippen molar-refractivity contribution in [1.82, 2.24) is 10.2 Å². The molecule has 1 aromatic rings. The fraction of sp³-hybridized carbons (Fsp3) is 0.611. The minimum absolute atomic E-state index is 0.155. The molecule has 0 aliphatic carbocycles. The topological polar surface area (TPSA) is 87.7 Å². The summed E-state index contributed by atoms with van der Waals surface area (Å²) < 4.78 is 30.3. The number of hydrogen-bond donors (Lipinski definition) is 2. The second kappa shape index (κ2) is 9.34. The van der Waals surface area contributed by atoms with Crippen molar-refractivity contribution in [2.45, 2.75) is 26.3 Å². The number of morpholine rings is 1. The Morgan fingerprint density at radius 3 is 2.35 bits per heavy atom. The number of ether oxygens (including phenoxy) is 1. The standard InChI is InChI=1S/C18H29N3O4S/c1-14(2)12-17(21-8-10-25-11-9-21)13-19-18(22)15-4-6-16(7-5-15)20-26(3,23)24/h4-7,14,17,20H,8-13H2,1-3H3,(H,19,22)/t17-/m0/s1. The summed E-state index contributed by atoms with van der Waals surface area (Å²) in [5.41, 5.74) is 0.948. The zero-order valence-corrected chi connectivity index (χ0v) is 16.5. The van der Waals surface area contributed by atoms with Gasteiger partial charge in [-0.2, -0.15) is 0 Å². The van der Waals surface area contributed by atoms with E-state index in [0.29, 0.717) is 23.7 Å². The molecule has 1 aliphatic rings. The summed E-state index contributed by atoms with van der Waals surface area (Å²) in [7, 11) is -3.32. The van der Waals surface area contributed by atoms with Gasteiger partial charge < -0.3 is 10.1 Å². The van der Waals surface area contributed by atoms with Gasteiger partial charge in [-0.1, -0.05) is 13.8 Å². The van der Waals surface area contributed by atoms with Crippen molar-refractivity contribution < 1.29 is 17.9 Å². The Kier molecular flexibility index (Phi) is 7.43. The maximum Gasteiger partial charge on any atom is 0.251 e. The van der Waals surface area contributed by atoms with Gasteiger partial charge in [0.25, 0.3) is 5.91 Å². The van der Waals surface area contributed by atoms with Crippen molar-refractivity contribution in [3.8, 4) is 0 Å². The Morgan fingerprint density at radius 2 is 1.81 bits per heavy atom. The summed E-state index contributed by atoms with van der Waals surface area (Å²) in [6, 6.07) is 6.70. The molecule has 0 radical (unpaired) electrons. The number of carbonyl (C=O) groups is 1. The largest absolute Gasteiger partial charge is 0.379 e. The Labute approximate surface area is 156 Å². The van der Waals surface area contributed by atoms with Crippen LogP contribution in [0.5, 0.6) is 0 Å². The van der Waals surface area contributed by atoms with Crippen LogP contribution in [-0.4, -0.2) is 64.4 Å². The van der Waals surface area contributed by atoms with E-state index in [1.165, 1.54) is 0 Å². The predicted octanol–water partition coefficient (Wildman–Crippen LogP) is 1.53. The number of nitrogens with one attached hydrogen (secondary N) is 2. The molecule has 1 atom stereocenters. The smallest absolute Gasteiger partial charge is 0.251 e. The fourth-order valence-electron chi connectivity index (χ4n) is 3.06. The normalized spacial score (nSPS) is 17.1. The Balaban J connectivity index is 1.94. The number of anilines is 1. The van der Waals surface area contributed by atoms with Gasteiger partial charge in [0.1, 0.15) is 0 Å². The quantitative estimate of drug-likeness (QED) is 0.711. The molecule has 0 bridgehead atoms. The lowest BCUT2D eigenvalue weighted by Crippen LogP contribution is -2.49. The SMILES string of the molecule is CC(C)C[C@@H](CNC(=O)c1ccc(NS(C)(=O)=O)cc1)N1CCOCC1. The second-order valence-electron chi connectivity index (χ2n) is 7.09. The molecule has 1 heterocycles. The van der Waals surface area contributed by atoms with Gasteiger partial charge in [0, 0.05) is 36.9 Å². The van der Waals surface area contributed by atoms with Crippen LogP contribution in [0, 0.1) is 5.92 Å². The van der Waals surface area contributed by atoms with Crippen LogP contribution in [-0.2, 0) is 14.8 Å². The molecule has 1 amide bonds. The monoisotopic (exact) mass is 383 g/mol. The Hall–Kier alpha value is -1.64. The number of amides is 1. The molecular formula is C18H29N3O4S. The van der Waals surface area contributed by atoms with E-state index in [1.807, 2.05) is 0 Å². The molecule has 7 nitrogen and oxygen atoms in total. The van der Waals surface area contributed by atoms with E-state index >= 15 is 0 Å². The molecule has 0 saturated carbocycles. The van der Waals surface area contributed by atoms with Gasteiger partial charge in [0.2, 0.25) is 10.0 Å². The van der Waals surface area contributed by atoms with Crippen LogP contribution in [0.25, 0.3) is 0 Å². The minimum Gasteiger partial charge on any atom is -0.379 e. The van der Waals surface area contributed by atoms with Gasteiger partial charge in [0.15, 0.2) is 0 Å². The van der Waals surface area contributed by atoms with Gasteiger partial charge in [-0.25, -0.2) is 8.42 Å². The van der Waals surface area contributed by atoms with Gasteiger partial charge in [-0.3, -0.25) is 14.4 Å². The fourth-order valence-corrected chi connectivity index (χ4v) is 3.63. The number of hydrogen-bond acceptors (Lipinski definition) is 5. The Morgan fingerprint density at radius 1 is 1.19 bits per heavy atom. The van der Waals surface area contributed by atoms with Crippen LogP contribution in [0.3, 0.4) is 0 Å². The number of carbonyl (C=O) groups excluding carboxylic acids is 1. The highest BCUT2D eigenvalue weighted by Gasteiger charge is 2.22. The number of benzene rings is 1. The predicted molar refractivity (Wildman–Crippen MR) is 103 cm³/mol. The molecule has 0 aromatic heterocycles. The number of rotatable bonds is 8. The zero-order chi connectivity index (χ0) is 19.2. The third-order valence-electron chi connectivity index (χ3n) is 4.25. The third-order valence-corrected chi connectivity index (χ3v) is 4.86. The first-order chi connectivity index (χ1) is 12.2. The molecule has 1 saturated heterocycles. The van der Waals surface area contributed by atoms with Gasteiger partial charge in [-0.05, 0) is 36.6 Å². The van der Waals surface area contributed by atoms with Crippen LogP contribution >= 0.6 is 0 Å². The number of nitrogens with zero attached hydrogens (tertiary/aromatic N) is 1. The van der Waals surface area contributed by atoms with E-state index in [0.717, 1.165) is 39.0 Å². The molecule has 1 fully saturated rings. The first-order valence-corrected chi connectivity index (χ1v) is 10.8. The molecular weight excluding hydrogens is 354 g/mol. The second-order valence-corrected chi connectivity index (χ2v) is 8.84. The van der Waals surface area contributed by atoms with Crippen molar-refractivity contribution in [2.75, 3.05) is 43.8 Å². The molecule has 2 rings (SSSR count). The zero-order valence-electron chi connectivity index (χ0n) is 15.7. The highest BCUT2D eigenvalue weighted by molar-refractivity contribution is 7.92. The van der Waals surface area contributed by atoms with Crippen molar-refractivity contribution in [2.24, 2.45) is 5.92 Å². The first kappa shape index (κ1) is 20.7. The lowest BCUT2D eigenvalue weighted by molar-refractivity contribution is 0.0124. The summed E-state index contributed by atoms with van der Waals surface area (Å²) in [4.78, 5) is 14.8. The summed E-state index contributed by atoms with van der Waals surface area (Å²) in [6.07, 6.45) is 2.10. The van der Waals surface area contributed by atoms with E-state index in [-0.39, 0.29) is 11.9 Å². The molecule has 1 aromatic carbocycles. The van der Waals surface area contributed by atoms with Gasteiger partial charge >= 0.3 is 0 Å². The summed E-state index contributed by atoms with van der Waals surface area (Å²) in [5.74, 6) is 0.388. The summed E-state index contributed by atoms with van der Waals surface area (Å²) >= 11 is 0. The van der Waals surface area contributed by atoms with Crippen LogP contribution in [0.4, 0.5) is 5.69 Å². The average molecular weight is 384 g/mol. The molecule has 2 N–H and O–H groups in total. The average Bonchev–Trinajstić information content (AvgIpc) is 2.58. The number of sulfonamides is 1. The van der Waals surface area contributed by atoms with Gasteiger partial charge in [0.05, 0.1) is 19.5 Å². The molecule has 26 heavy (non-hydrogen) atoms. The first-order valence-electron chi connectivity index (χ1n) is 8.92. The van der Waals surface area contributed by atoms with Crippen molar-refractivity contribution in [3.63, 3.8) is 0 Å². The van der Waals surface area contributed by atoms with Crippen molar-refractivity contribution in [1.29, 1.82) is 0 Å². The van der Waals surface area contributed by atoms with E-state index in [4.69, 9.17) is 4.74 Å².